The SMILES string of the molecule is Nc1cc([N+](=O)[O-])ccc1S(=O)(=O)Nc1ccc(Br)cn1. The van der Waals surface area contributed by atoms with Crippen molar-refractivity contribution in [3.8, 4) is 0 Å². The smallest absolute Gasteiger partial charge is 0.271 e. The standard InChI is InChI=1S/C11H9BrN4O4S/c12-7-1-4-11(14-6-7)15-21(19,20)10-3-2-8(16(17)18)5-9(10)13/h1-6H,13H2,(H,14,15). The Balaban J connectivity index is 2.35. The molecule has 21 heavy (non-hydrogen) atoms. The Hall–Kier alpha value is -2.20. The number of nitro groups is 1. The minimum Gasteiger partial charge on any atom is -0.397 e. The summed E-state index contributed by atoms with van der Waals surface area (Å²) in [5.41, 5.74) is 5.07. The van der Waals surface area contributed by atoms with Crippen LogP contribution in [0.5, 0.6) is 0 Å². The number of nitrogens with two attached hydrogens (primary N) is 1. The highest BCUT2D eigenvalue weighted by Crippen LogP contribution is 2.25. The fraction of sp³-hybridized carbons (Fsp3) is 0. The summed E-state index contributed by atoms with van der Waals surface area (Å²) in [6, 6.07) is 6.21. The zero-order chi connectivity index (χ0) is 15.6. The average molecular weight is 373 g/mol. The summed E-state index contributed by atoms with van der Waals surface area (Å²) in [6.45, 7) is 0. The van der Waals surface area contributed by atoms with Crippen molar-refractivity contribution in [2.24, 2.45) is 0 Å². The first-order valence-corrected chi connectivity index (χ1v) is 7.75. The Morgan fingerprint density at radius 2 is 2.00 bits per heavy atom. The lowest BCUT2D eigenvalue weighted by atomic mass is 10.3. The van der Waals surface area contributed by atoms with Gasteiger partial charge in [0.1, 0.15) is 10.7 Å². The van der Waals surface area contributed by atoms with Gasteiger partial charge in [-0.05, 0) is 34.1 Å². The van der Waals surface area contributed by atoms with E-state index in [9.17, 15) is 18.5 Å². The Morgan fingerprint density at radius 1 is 1.29 bits per heavy atom. The van der Waals surface area contributed by atoms with Crippen LogP contribution in [0.2, 0.25) is 0 Å². The van der Waals surface area contributed by atoms with Gasteiger partial charge in [-0.15, -0.1) is 0 Å². The molecule has 0 aliphatic heterocycles. The Bertz CT molecular complexity index is 792. The van der Waals surface area contributed by atoms with Crippen molar-refractivity contribution < 1.29 is 13.3 Å². The predicted octanol–water partition coefficient (Wildman–Crippen LogP) is 2.14. The van der Waals surface area contributed by atoms with Crippen LogP contribution in [-0.4, -0.2) is 18.3 Å². The zero-order valence-corrected chi connectivity index (χ0v) is 12.8. The van der Waals surface area contributed by atoms with Gasteiger partial charge in [0.05, 0.1) is 10.6 Å². The van der Waals surface area contributed by atoms with Gasteiger partial charge in [-0.1, -0.05) is 0 Å². The molecule has 0 radical (unpaired) electrons. The third kappa shape index (κ3) is 3.47. The maximum absolute atomic E-state index is 12.2. The van der Waals surface area contributed by atoms with Gasteiger partial charge in [-0.2, -0.15) is 0 Å². The molecule has 2 aromatic rings. The van der Waals surface area contributed by atoms with Gasteiger partial charge in [0, 0.05) is 22.8 Å². The number of nitrogen functional groups attached to an aromatic ring is 1. The first kappa shape index (κ1) is 15.2. The van der Waals surface area contributed by atoms with Gasteiger partial charge in [0.15, 0.2) is 0 Å². The first-order chi connectivity index (χ1) is 9.79. The molecule has 110 valence electrons. The number of hydrogen-bond acceptors (Lipinski definition) is 6. The summed E-state index contributed by atoms with van der Waals surface area (Å²) in [4.78, 5) is 13.6. The van der Waals surface area contributed by atoms with Crippen LogP contribution >= 0.6 is 15.9 Å². The van der Waals surface area contributed by atoms with E-state index in [0.29, 0.717) is 4.47 Å². The maximum Gasteiger partial charge on any atom is 0.271 e. The van der Waals surface area contributed by atoms with E-state index in [1.807, 2.05) is 0 Å². The van der Waals surface area contributed by atoms with Crippen LogP contribution in [0.4, 0.5) is 17.2 Å². The molecule has 1 aromatic carbocycles. The number of halogens is 1. The van der Waals surface area contributed by atoms with Crippen molar-refractivity contribution in [1.82, 2.24) is 4.98 Å². The number of sulfonamides is 1. The summed E-state index contributed by atoms with van der Waals surface area (Å²) in [6.07, 6.45) is 1.43. The lowest BCUT2D eigenvalue weighted by Gasteiger charge is -2.09. The number of nitro benzene ring substituents is 1. The lowest BCUT2D eigenvalue weighted by molar-refractivity contribution is -0.384. The van der Waals surface area contributed by atoms with E-state index >= 15 is 0 Å². The topological polar surface area (TPSA) is 128 Å². The fourth-order valence-corrected chi connectivity index (χ4v) is 2.88. The highest BCUT2D eigenvalue weighted by atomic mass is 79.9. The molecule has 0 fully saturated rings. The monoisotopic (exact) mass is 372 g/mol. The summed E-state index contributed by atoms with van der Waals surface area (Å²) in [5, 5.41) is 10.6. The number of hydrogen-bond donors (Lipinski definition) is 2. The quantitative estimate of drug-likeness (QED) is 0.480. The molecule has 1 heterocycles. The van der Waals surface area contributed by atoms with Crippen LogP contribution in [0.1, 0.15) is 0 Å². The van der Waals surface area contributed by atoms with Crippen LogP contribution in [0, 0.1) is 10.1 Å². The summed E-state index contributed by atoms with van der Waals surface area (Å²) in [5.74, 6) is 0.107. The van der Waals surface area contributed by atoms with E-state index in [2.05, 4.69) is 25.6 Å². The molecule has 8 nitrogen and oxygen atoms in total. The molecule has 1 aromatic heterocycles. The molecule has 0 unspecified atom stereocenters. The second-order valence-electron chi connectivity index (χ2n) is 3.95. The van der Waals surface area contributed by atoms with Crippen molar-refractivity contribution in [3.63, 3.8) is 0 Å². The number of nitrogens with one attached hydrogen (secondary N) is 1. The summed E-state index contributed by atoms with van der Waals surface area (Å²) in [7, 11) is -3.97. The van der Waals surface area contributed by atoms with E-state index < -0.39 is 14.9 Å². The van der Waals surface area contributed by atoms with Crippen LogP contribution < -0.4 is 10.5 Å². The Labute approximate surface area is 128 Å². The second-order valence-corrected chi connectivity index (χ2v) is 6.51. The molecule has 0 aliphatic carbocycles. The van der Waals surface area contributed by atoms with Gasteiger partial charge in [-0.25, -0.2) is 13.4 Å². The number of rotatable bonds is 4. The number of nitrogens with zero attached hydrogens (tertiary/aromatic N) is 2. The highest BCUT2D eigenvalue weighted by Gasteiger charge is 2.20. The minimum absolute atomic E-state index is 0.107. The van der Waals surface area contributed by atoms with E-state index in [1.165, 1.54) is 12.3 Å². The molecule has 0 saturated carbocycles. The molecule has 0 spiro atoms. The lowest BCUT2D eigenvalue weighted by Crippen LogP contribution is -2.15. The molecule has 0 atom stereocenters. The molecular formula is C11H9BrN4O4S. The average Bonchev–Trinajstić information content (AvgIpc) is 2.40. The normalized spacial score (nSPS) is 11.1. The predicted molar refractivity (Wildman–Crippen MR) is 80.3 cm³/mol. The number of benzene rings is 1. The Kier molecular flexibility index (Phi) is 4.09. The van der Waals surface area contributed by atoms with E-state index in [0.717, 1.165) is 18.2 Å². The van der Waals surface area contributed by atoms with Crippen molar-refractivity contribution >= 4 is 43.1 Å². The van der Waals surface area contributed by atoms with Gasteiger partial charge in [0.2, 0.25) is 0 Å². The van der Waals surface area contributed by atoms with Gasteiger partial charge >= 0.3 is 0 Å². The summed E-state index contributed by atoms with van der Waals surface area (Å²) >= 11 is 3.18. The van der Waals surface area contributed by atoms with E-state index in [4.69, 9.17) is 5.73 Å². The third-order valence-corrected chi connectivity index (χ3v) is 4.36. The van der Waals surface area contributed by atoms with Crippen LogP contribution in [0.3, 0.4) is 0 Å². The van der Waals surface area contributed by atoms with Crippen LogP contribution in [0.15, 0.2) is 45.9 Å². The molecular weight excluding hydrogens is 364 g/mol. The summed E-state index contributed by atoms with van der Waals surface area (Å²) < 4.78 is 27.3. The van der Waals surface area contributed by atoms with Crippen molar-refractivity contribution in [1.29, 1.82) is 0 Å². The molecule has 2 rings (SSSR count). The molecule has 0 bridgehead atoms. The van der Waals surface area contributed by atoms with E-state index in [-0.39, 0.29) is 22.1 Å². The molecule has 10 heteroatoms. The van der Waals surface area contributed by atoms with Crippen LogP contribution in [0.25, 0.3) is 0 Å². The molecule has 3 N–H and O–H groups in total. The molecule has 0 amide bonds. The first-order valence-electron chi connectivity index (χ1n) is 5.48. The number of aromatic nitrogens is 1. The fourth-order valence-electron chi connectivity index (χ4n) is 1.52. The maximum atomic E-state index is 12.2. The zero-order valence-electron chi connectivity index (χ0n) is 10.4. The van der Waals surface area contributed by atoms with E-state index in [1.54, 1.807) is 6.07 Å². The number of pyridine rings is 1. The second kappa shape index (κ2) is 5.66. The van der Waals surface area contributed by atoms with Crippen molar-refractivity contribution in [3.05, 3.63) is 51.1 Å². The van der Waals surface area contributed by atoms with Crippen LogP contribution in [-0.2, 0) is 10.0 Å². The van der Waals surface area contributed by atoms with Crippen molar-refractivity contribution in [2.45, 2.75) is 4.90 Å². The largest absolute Gasteiger partial charge is 0.397 e. The Morgan fingerprint density at radius 3 is 2.52 bits per heavy atom. The van der Waals surface area contributed by atoms with Crippen molar-refractivity contribution in [2.75, 3.05) is 10.5 Å². The van der Waals surface area contributed by atoms with Gasteiger partial charge < -0.3 is 5.73 Å². The number of anilines is 2. The minimum atomic E-state index is -3.97. The third-order valence-electron chi connectivity index (χ3n) is 2.46. The van der Waals surface area contributed by atoms with Gasteiger partial charge in [0.25, 0.3) is 15.7 Å². The molecule has 0 saturated heterocycles. The number of non-ortho nitro benzene ring substituents is 1. The molecule has 0 aliphatic rings. The van der Waals surface area contributed by atoms with Gasteiger partial charge in [-0.3, -0.25) is 14.8 Å². The highest BCUT2D eigenvalue weighted by molar-refractivity contribution is 9.10.